The van der Waals surface area contributed by atoms with E-state index >= 15 is 0 Å². The van der Waals surface area contributed by atoms with Gasteiger partial charge in [-0.3, -0.25) is 9.59 Å². The highest BCUT2D eigenvalue weighted by atomic mass is 79.9. The first-order valence-corrected chi connectivity index (χ1v) is 8.78. The van der Waals surface area contributed by atoms with E-state index < -0.39 is 30.4 Å². The predicted molar refractivity (Wildman–Crippen MR) is 98.7 cm³/mol. The van der Waals surface area contributed by atoms with Crippen molar-refractivity contribution in [3.05, 3.63) is 27.9 Å². The topological polar surface area (TPSA) is 131 Å². The molecule has 1 aromatic carbocycles. The summed E-state index contributed by atoms with van der Waals surface area (Å²) in [5.74, 6) is -2.06. The second-order valence-corrected chi connectivity index (χ2v) is 6.25. The number of nitrogens with zero attached hydrogens (tertiary/aromatic N) is 1. The lowest BCUT2D eigenvalue weighted by Gasteiger charge is -2.13. The Bertz CT molecular complexity index is 852. The lowest BCUT2D eigenvalue weighted by Crippen LogP contribution is -2.35. The van der Waals surface area contributed by atoms with E-state index in [9.17, 15) is 19.2 Å². The monoisotopic (exact) mass is 456 g/mol. The summed E-state index contributed by atoms with van der Waals surface area (Å²) in [6.45, 7) is 1.01. The van der Waals surface area contributed by atoms with E-state index in [1.54, 1.807) is 13.0 Å². The number of imide groups is 1. The molecule has 11 heteroatoms. The highest BCUT2D eigenvalue weighted by Gasteiger charge is 2.35. The van der Waals surface area contributed by atoms with Gasteiger partial charge in [-0.25, -0.2) is 14.5 Å². The number of hydrogen-bond acceptors (Lipinski definition) is 7. The Morgan fingerprint density at radius 1 is 1.25 bits per heavy atom. The van der Waals surface area contributed by atoms with E-state index in [1.807, 2.05) is 0 Å². The zero-order valence-corrected chi connectivity index (χ0v) is 16.6. The molecule has 1 fully saturated rings. The van der Waals surface area contributed by atoms with Crippen molar-refractivity contribution in [2.24, 2.45) is 0 Å². The van der Waals surface area contributed by atoms with Gasteiger partial charge in [-0.2, -0.15) is 0 Å². The van der Waals surface area contributed by atoms with Gasteiger partial charge in [0, 0.05) is 4.47 Å². The number of carboxylic acids is 1. The molecule has 1 aromatic rings. The van der Waals surface area contributed by atoms with E-state index in [2.05, 4.69) is 26.0 Å². The van der Waals surface area contributed by atoms with Crippen LogP contribution >= 0.6 is 15.9 Å². The number of halogens is 1. The number of methoxy groups -OCH3 is 1. The average molecular weight is 457 g/mol. The zero-order chi connectivity index (χ0) is 20.8. The minimum atomic E-state index is -1.31. The Balaban J connectivity index is 2.33. The summed E-state index contributed by atoms with van der Waals surface area (Å²) in [6.07, 6.45) is 1.37. The van der Waals surface area contributed by atoms with E-state index in [1.165, 1.54) is 19.3 Å². The van der Waals surface area contributed by atoms with E-state index in [0.29, 0.717) is 27.3 Å². The van der Waals surface area contributed by atoms with Crippen LogP contribution in [0.2, 0.25) is 0 Å². The van der Waals surface area contributed by atoms with Gasteiger partial charge in [0.2, 0.25) is 0 Å². The molecular formula is C17H17BrN2O8. The molecule has 0 unspecified atom stereocenters. The maximum atomic E-state index is 12.2. The molecule has 1 aliphatic heterocycles. The number of amides is 3. The van der Waals surface area contributed by atoms with Gasteiger partial charge >= 0.3 is 18.0 Å². The number of aliphatic carboxylic acids is 1. The normalized spacial score (nSPS) is 14.8. The standard InChI is InChI=1S/C17H17BrN2O8/c1-3-27-12-5-9(10(18)6-13(12)28-8-15(23)26-2)4-11-16(24)20(7-14(21)22)17(25)19-11/h4-6H,3,7-8H2,1-2H3,(H,19,25)(H,21,22)/b11-4+. The predicted octanol–water partition coefficient (Wildman–Crippen LogP) is 1.38. The molecule has 1 aliphatic rings. The number of ether oxygens (including phenoxy) is 3. The number of hydrogen-bond donors (Lipinski definition) is 2. The fourth-order valence-electron chi connectivity index (χ4n) is 2.24. The SMILES string of the molecule is CCOc1cc(/C=C2/NC(=O)N(CC(=O)O)C2=O)c(Br)cc1OCC(=O)OC. The van der Waals surface area contributed by atoms with Crippen molar-refractivity contribution < 1.29 is 38.5 Å². The van der Waals surface area contributed by atoms with Crippen LogP contribution in [0.15, 0.2) is 22.3 Å². The first-order chi connectivity index (χ1) is 13.3. The molecule has 28 heavy (non-hydrogen) atoms. The van der Waals surface area contributed by atoms with Crippen LogP contribution < -0.4 is 14.8 Å². The van der Waals surface area contributed by atoms with Crippen molar-refractivity contribution in [1.82, 2.24) is 10.2 Å². The van der Waals surface area contributed by atoms with Gasteiger partial charge in [0.25, 0.3) is 5.91 Å². The first-order valence-electron chi connectivity index (χ1n) is 7.99. The number of urea groups is 1. The molecule has 0 aromatic heterocycles. The second-order valence-electron chi connectivity index (χ2n) is 5.39. The number of carbonyl (C=O) groups excluding carboxylic acids is 3. The van der Waals surface area contributed by atoms with Crippen molar-refractivity contribution in [3.8, 4) is 11.5 Å². The average Bonchev–Trinajstić information content (AvgIpc) is 2.89. The largest absolute Gasteiger partial charge is 0.490 e. The number of benzene rings is 1. The smallest absolute Gasteiger partial charge is 0.343 e. The van der Waals surface area contributed by atoms with Crippen LogP contribution in [0.25, 0.3) is 6.08 Å². The fraction of sp³-hybridized carbons (Fsp3) is 0.294. The van der Waals surface area contributed by atoms with Crippen molar-refractivity contribution in [1.29, 1.82) is 0 Å². The molecule has 0 radical (unpaired) electrons. The molecule has 0 aliphatic carbocycles. The minimum absolute atomic E-state index is 0.0855. The number of esters is 1. The Morgan fingerprint density at radius 3 is 2.54 bits per heavy atom. The van der Waals surface area contributed by atoms with Gasteiger partial charge in [0.15, 0.2) is 18.1 Å². The Hall–Kier alpha value is -3.08. The van der Waals surface area contributed by atoms with Crippen LogP contribution in [-0.4, -0.2) is 60.8 Å². The van der Waals surface area contributed by atoms with Crippen LogP contribution in [0.3, 0.4) is 0 Å². The quantitative estimate of drug-likeness (QED) is 0.340. The van der Waals surface area contributed by atoms with Crippen molar-refractivity contribution in [2.75, 3.05) is 26.9 Å². The first kappa shape index (κ1) is 21.2. The Kier molecular flexibility index (Phi) is 6.99. The molecule has 1 heterocycles. The molecule has 10 nitrogen and oxygen atoms in total. The van der Waals surface area contributed by atoms with E-state index in [-0.39, 0.29) is 18.1 Å². The van der Waals surface area contributed by atoms with Gasteiger partial charge in [0.05, 0.1) is 13.7 Å². The molecule has 150 valence electrons. The van der Waals surface area contributed by atoms with Crippen molar-refractivity contribution >= 4 is 45.9 Å². The van der Waals surface area contributed by atoms with Crippen LogP contribution in [0.4, 0.5) is 4.79 Å². The van der Waals surface area contributed by atoms with Crippen molar-refractivity contribution in [2.45, 2.75) is 6.92 Å². The third-order valence-electron chi connectivity index (χ3n) is 3.49. The fourth-order valence-corrected chi connectivity index (χ4v) is 2.68. The minimum Gasteiger partial charge on any atom is -0.490 e. The lowest BCUT2D eigenvalue weighted by atomic mass is 10.1. The molecule has 3 amide bonds. The van der Waals surface area contributed by atoms with Gasteiger partial charge in [0.1, 0.15) is 12.2 Å². The third kappa shape index (κ3) is 5.00. The highest BCUT2D eigenvalue weighted by Crippen LogP contribution is 2.35. The Morgan fingerprint density at radius 2 is 1.93 bits per heavy atom. The summed E-state index contributed by atoms with van der Waals surface area (Å²) in [5, 5.41) is 11.1. The number of nitrogens with one attached hydrogen (secondary N) is 1. The number of carbonyl (C=O) groups is 4. The summed E-state index contributed by atoms with van der Waals surface area (Å²) >= 11 is 3.33. The summed E-state index contributed by atoms with van der Waals surface area (Å²) < 4.78 is 15.9. The summed E-state index contributed by atoms with van der Waals surface area (Å²) in [6, 6.07) is 2.26. The summed E-state index contributed by atoms with van der Waals surface area (Å²) in [4.78, 5) is 46.7. The highest BCUT2D eigenvalue weighted by molar-refractivity contribution is 9.10. The van der Waals surface area contributed by atoms with Crippen LogP contribution in [-0.2, 0) is 19.1 Å². The van der Waals surface area contributed by atoms with Gasteiger partial charge in [-0.05, 0) is 30.7 Å². The lowest BCUT2D eigenvalue weighted by molar-refractivity contribution is -0.143. The molecule has 2 N–H and O–H groups in total. The molecule has 0 saturated carbocycles. The Labute approximate surface area is 168 Å². The van der Waals surface area contributed by atoms with Gasteiger partial charge < -0.3 is 24.6 Å². The van der Waals surface area contributed by atoms with Crippen molar-refractivity contribution in [3.63, 3.8) is 0 Å². The molecule has 0 bridgehead atoms. The van der Waals surface area contributed by atoms with E-state index in [0.717, 1.165) is 0 Å². The molecule has 2 rings (SSSR count). The molecular weight excluding hydrogens is 440 g/mol. The summed E-state index contributed by atoms with van der Waals surface area (Å²) in [5.41, 5.74) is 0.382. The maximum Gasteiger partial charge on any atom is 0.343 e. The van der Waals surface area contributed by atoms with Gasteiger partial charge in [-0.1, -0.05) is 15.9 Å². The van der Waals surface area contributed by atoms with Gasteiger partial charge in [-0.15, -0.1) is 0 Å². The van der Waals surface area contributed by atoms with Crippen LogP contribution in [0.1, 0.15) is 12.5 Å². The second kappa shape index (κ2) is 9.22. The van der Waals surface area contributed by atoms with Crippen LogP contribution in [0, 0.1) is 0 Å². The van der Waals surface area contributed by atoms with Crippen LogP contribution in [0.5, 0.6) is 11.5 Å². The third-order valence-corrected chi connectivity index (χ3v) is 4.18. The zero-order valence-electron chi connectivity index (χ0n) is 15.0. The molecule has 0 spiro atoms. The van der Waals surface area contributed by atoms with E-state index in [4.69, 9.17) is 14.6 Å². The number of carboxylic acid groups (broad SMARTS) is 1. The molecule has 0 atom stereocenters. The summed E-state index contributed by atoms with van der Waals surface area (Å²) in [7, 11) is 1.24. The number of rotatable bonds is 8. The molecule has 1 saturated heterocycles. The maximum absolute atomic E-state index is 12.2.